The van der Waals surface area contributed by atoms with Crippen LogP contribution in [0.1, 0.15) is 12.8 Å². The van der Waals surface area contributed by atoms with Gasteiger partial charge in [0.2, 0.25) is 0 Å². The first-order valence-electron chi connectivity index (χ1n) is 4.35. The summed E-state index contributed by atoms with van der Waals surface area (Å²) in [6.45, 7) is 2.14. The Kier molecular flexibility index (Phi) is 2.64. The van der Waals surface area contributed by atoms with Gasteiger partial charge in [-0.1, -0.05) is 0 Å². The van der Waals surface area contributed by atoms with Gasteiger partial charge in [0.05, 0.1) is 0 Å². The lowest BCUT2D eigenvalue weighted by molar-refractivity contribution is 0.168. The van der Waals surface area contributed by atoms with E-state index in [-0.39, 0.29) is 0 Å². The highest BCUT2D eigenvalue weighted by Gasteiger charge is 2.13. The first-order chi connectivity index (χ1) is 5.95. The molecule has 2 heterocycles. The van der Waals surface area contributed by atoms with Gasteiger partial charge in [-0.15, -0.1) is 11.3 Å². The van der Waals surface area contributed by atoms with Crippen LogP contribution in [0.2, 0.25) is 0 Å². The summed E-state index contributed by atoms with van der Waals surface area (Å²) in [5.41, 5.74) is 0. The smallest absolute Gasteiger partial charge is 0.130 e. The van der Waals surface area contributed by atoms with Gasteiger partial charge in [0.15, 0.2) is 0 Å². The molecule has 12 heavy (non-hydrogen) atoms. The molecule has 1 N–H and O–H groups in total. The zero-order valence-electron chi connectivity index (χ0n) is 6.95. The largest absolute Gasteiger partial charge is 0.488 e. The first-order valence-corrected chi connectivity index (χ1v) is 5.29. The van der Waals surface area contributed by atoms with Gasteiger partial charge in [0.1, 0.15) is 11.9 Å². The van der Waals surface area contributed by atoms with Gasteiger partial charge in [-0.25, -0.2) is 0 Å². The van der Waals surface area contributed by atoms with E-state index in [0.717, 1.165) is 18.8 Å². The summed E-state index contributed by atoms with van der Waals surface area (Å²) in [5.74, 6) is 1.02. The molecule has 1 fully saturated rings. The summed E-state index contributed by atoms with van der Waals surface area (Å²) < 4.78 is 5.74. The highest BCUT2D eigenvalue weighted by Crippen LogP contribution is 2.18. The number of ether oxygens (including phenoxy) is 1. The summed E-state index contributed by atoms with van der Waals surface area (Å²) in [7, 11) is 0. The minimum Gasteiger partial charge on any atom is -0.488 e. The number of hydrogen-bond donors (Lipinski definition) is 1. The van der Waals surface area contributed by atoms with Gasteiger partial charge in [-0.05, 0) is 30.8 Å². The third-order valence-corrected chi connectivity index (χ3v) is 2.71. The van der Waals surface area contributed by atoms with Crippen molar-refractivity contribution in [3.8, 4) is 5.75 Å². The van der Waals surface area contributed by atoms with E-state index in [1.54, 1.807) is 11.3 Å². The molecule has 1 aliphatic rings. The van der Waals surface area contributed by atoms with Gasteiger partial charge in [-0.3, -0.25) is 0 Å². The van der Waals surface area contributed by atoms with E-state index in [0.29, 0.717) is 6.10 Å². The first kappa shape index (κ1) is 8.08. The molecule has 1 unspecified atom stereocenters. The third kappa shape index (κ3) is 1.99. The molecule has 2 rings (SSSR count). The van der Waals surface area contributed by atoms with Crippen molar-refractivity contribution in [3.05, 3.63) is 16.8 Å². The van der Waals surface area contributed by atoms with E-state index in [9.17, 15) is 0 Å². The Bertz CT molecular complexity index is 216. The number of nitrogens with one attached hydrogen (secondary N) is 1. The third-order valence-electron chi connectivity index (χ3n) is 2.05. The zero-order valence-corrected chi connectivity index (χ0v) is 7.77. The van der Waals surface area contributed by atoms with Crippen LogP contribution >= 0.6 is 11.3 Å². The maximum atomic E-state index is 5.74. The number of piperidine rings is 1. The molecule has 1 atom stereocenters. The van der Waals surface area contributed by atoms with E-state index >= 15 is 0 Å². The van der Waals surface area contributed by atoms with Crippen molar-refractivity contribution in [2.75, 3.05) is 13.1 Å². The molecule has 66 valence electrons. The minimum absolute atomic E-state index is 0.383. The average Bonchev–Trinajstić information content (AvgIpc) is 2.59. The van der Waals surface area contributed by atoms with Gasteiger partial charge < -0.3 is 10.1 Å². The molecule has 1 aromatic rings. The second-order valence-electron chi connectivity index (χ2n) is 3.05. The average molecular weight is 183 g/mol. The SMILES string of the molecule is c1cc(OC2CCCNC2)cs1. The molecule has 3 heteroatoms. The van der Waals surface area contributed by atoms with Crippen LogP contribution in [0, 0.1) is 0 Å². The summed E-state index contributed by atoms with van der Waals surface area (Å²) in [6.07, 6.45) is 2.80. The normalized spacial score (nSPS) is 23.8. The molecular formula is C9H13NOS. The maximum Gasteiger partial charge on any atom is 0.130 e. The number of rotatable bonds is 2. The van der Waals surface area contributed by atoms with Crippen LogP contribution in [0.3, 0.4) is 0 Å². The summed E-state index contributed by atoms with van der Waals surface area (Å²) in [5, 5.41) is 7.42. The van der Waals surface area contributed by atoms with Crippen LogP contribution in [0.5, 0.6) is 5.75 Å². The molecule has 0 aliphatic carbocycles. The van der Waals surface area contributed by atoms with Gasteiger partial charge in [-0.2, -0.15) is 0 Å². The Balaban J connectivity index is 1.86. The molecule has 0 saturated carbocycles. The van der Waals surface area contributed by atoms with Crippen LogP contribution in [0.25, 0.3) is 0 Å². The van der Waals surface area contributed by atoms with Gasteiger partial charge in [0, 0.05) is 11.9 Å². The highest BCUT2D eigenvalue weighted by atomic mass is 32.1. The van der Waals surface area contributed by atoms with Crippen molar-refractivity contribution in [2.45, 2.75) is 18.9 Å². The quantitative estimate of drug-likeness (QED) is 0.756. The molecule has 0 amide bonds. The summed E-state index contributed by atoms with van der Waals surface area (Å²) in [4.78, 5) is 0. The zero-order chi connectivity index (χ0) is 8.23. The lowest BCUT2D eigenvalue weighted by Crippen LogP contribution is -2.37. The Morgan fingerprint density at radius 2 is 2.58 bits per heavy atom. The fraction of sp³-hybridized carbons (Fsp3) is 0.556. The van der Waals surface area contributed by atoms with Gasteiger partial charge in [0.25, 0.3) is 0 Å². The predicted molar refractivity (Wildman–Crippen MR) is 50.8 cm³/mol. The van der Waals surface area contributed by atoms with Crippen molar-refractivity contribution in [1.82, 2.24) is 5.32 Å². The molecule has 0 bridgehead atoms. The molecule has 1 saturated heterocycles. The van der Waals surface area contributed by atoms with Crippen LogP contribution in [0.15, 0.2) is 16.8 Å². The van der Waals surface area contributed by atoms with E-state index in [4.69, 9.17) is 4.74 Å². The minimum atomic E-state index is 0.383. The Labute approximate surface area is 76.6 Å². The Morgan fingerprint density at radius 1 is 1.58 bits per heavy atom. The van der Waals surface area contributed by atoms with Crippen molar-refractivity contribution in [3.63, 3.8) is 0 Å². The Hall–Kier alpha value is -0.540. The van der Waals surface area contributed by atoms with Crippen molar-refractivity contribution >= 4 is 11.3 Å². The fourth-order valence-corrected chi connectivity index (χ4v) is 1.99. The van der Waals surface area contributed by atoms with Crippen LogP contribution in [-0.2, 0) is 0 Å². The molecule has 0 radical (unpaired) electrons. The van der Waals surface area contributed by atoms with Crippen molar-refractivity contribution in [2.24, 2.45) is 0 Å². The predicted octanol–water partition coefficient (Wildman–Crippen LogP) is 1.88. The number of hydrogen-bond acceptors (Lipinski definition) is 3. The van der Waals surface area contributed by atoms with E-state index in [1.807, 2.05) is 11.4 Å². The second kappa shape index (κ2) is 3.92. The van der Waals surface area contributed by atoms with Crippen LogP contribution in [0.4, 0.5) is 0 Å². The van der Waals surface area contributed by atoms with Crippen molar-refractivity contribution in [1.29, 1.82) is 0 Å². The van der Waals surface area contributed by atoms with Crippen LogP contribution in [-0.4, -0.2) is 19.2 Å². The fourth-order valence-electron chi connectivity index (χ4n) is 1.43. The Morgan fingerprint density at radius 3 is 3.25 bits per heavy atom. The molecular weight excluding hydrogens is 170 g/mol. The molecule has 1 aromatic heterocycles. The molecule has 2 nitrogen and oxygen atoms in total. The molecule has 1 aliphatic heterocycles. The summed E-state index contributed by atoms with van der Waals surface area (Å²) >= 11 is 1.68. The number of thiophene rings is 1. The monoisotopic (exact) mass is 183 g/mol. The van der Waals surface area contributed by atoms with Gasteiger partial charge >= 0.3 is 0 Å². The maximum absolute atomic E-state index is 5.74. The second-order valence-corrected chi connectivity index (χ2v) is 3.83. The lowest BCUT2D eigenvalue weighted by atomic mass is 10.1. The van der Waals surface area contributed by atoms with Crippen molar-refractivity contribution < 1.29 is 4.74 Å². The topological polar surface area (TPSA) is 21.3 Å². The van der Waals surface area contributed by atoms with E-state index in [2.05, 4.69) is 10.7 Å². The van der Waals surface area contributed by atoms with E-state index < -0.39 is 0 Å². The molecule has 0 spiro atoms. The highest BCUT2D eigenvalue weighted by molar-refractivity contribution is 7.08. The van der Waals surface area contributed by atoms with Crippen LogP contribution < -0.4 is 10.1 Å². The van der Waals surface area contributed by atoms with E-state index in [1.165, 1.54) is 12.8 Å². The standard InChI is InChI=1S/C9H13NOS/c1-2-8(6-10-4-1)11-9-3-5-12-7-9/h3,5,7-8,10H,1-2,4,6H2. The summed E-state index contributed by atoms with van der Waals surface area (Å²) in [6, 6.07) is 2.03. The molecule has 0 aromatic carbocycles. The lowest BCUT2D eigenvalue weighted by Gasteiger charge is -2.23.